The van der Waals surface area contributed by atoms with E-state index in [1.165, 1.54) is 12.8 Å². The first-order chi connectivity index (χ1) is 10.7. The molecule has 1 atom stereocenters. The number of hydrogen-bond acceptors (Lipinski definition) is 4. The first kappa shape index (κ1) is 15.7. The number of aromatic nitrogens is 1. The van der Waals surface area contributed by atoms with E-state index in [-0.39, 0.29) is 12.0 Å². The zero-order chi connectivity index (χ0) is 15.4. The molecule has 5 heteroatoms. The van der Waals surface area contributed by atoms with Crippen molar-refractivity contribution in [1.29, 1.82) is 0 Å². The van der Waals surface area contributed by atoms with Crippen LogP contribution in [0, 0.1) is 5.92 Å². The first-order valence-electron chi connectivity index (χ1n) is 8.22. The number of carbonyl (C=O) groups excluding carboxylic acids is 1. The van der Waals surface area contributed by atoms with Crippen molar-refractivity contribution in [3.63, 3.8) is 0 Å². The maximum atomic E-state index is 12.4. The summed E-state index contributed by atoms with van der Waals surface area (Å²) in [7, 11) is 0. The number of ether oxygens (including phenoxy) is 1. The van der Waals surface area contributed by atoms with Crippen LogP contribution in [0.4, 0.5) is 0 Å². The molecule has 1 saturated heterocycles. The number of pyridine rings is 1. The second kappa shape index (κ2) is 7.36. The van der Waals surface area contributed by atoms with Crippen molar-refractivity contribution in [3.05, 3.63) is 23.9 Å². The van der Waals surface area contributed by atoms with Crippen LogP contribution in [0.5, 0.6) is 5.88 Å². The fraction of sp³-hybridized carbons (Fsp3) is 0.647. The largest absolute Gasteiger partial charge is 0.473 e. The monoisotopic (exact) mass is 320 g/mol. The standard InChI is InChI=1S/C17H24N2O2S/c1-12-2-4-14(5-3-12)19-17(20)13-6-8-18-16(10-13)21-15-7-9-22-11-15/h6,8,10,12,14-15H,2-5,7,9,11H2,1H3,(H,19,20). The van der Waals surface area contributed by atoms with Crippen LogP contribution in [-0.4, -0.2) is 34.5 Å². The Morgan fingerprint density at radius 2 is 2.14 bits per heavy atom. The Bertz CT molecular complexity index is 509. The van der Waals surface area contributed by atoms with Crippen LogP contribution in [0.2, 0.25) is 0 Å². The minimum atomic E-state index is -0.00685. The molecule has 1 aliphatic carbocycles. The lowest BCUT2D eigenvalue weighted by molar-refractivity contribution is 0.0922. The van der Waals surface area contributed by atoms with Gasteiger partial charge in [-0.3, -0.25) is 4.79 Å². The quantitative estimate of drug-likeness (QED) is 0.925. The maximum Gasteiger partial charge on any atom is 0.251 e. The zero-order valence-electron chi connectivity index (χ0n) is 13.1. The summed E-state index contributed by atoms with van der Waals surface area (Å²) in [6.45, 7) is 2.28. The molecular weight excluding hydrogens is 296 g/mol. The van der Waals surface area contributed by atoms with Gasteiger partial charge in [-0.25, -0.2) is 4.98 Å². The van der Waals surface area contributed by atoms with Crippen molar-refractivity contribution in [1.82, 2.24) is 10.3 Å². The Labute approximate surface area is 136 Å². The predicted molar refractivity (Wildman–Crippen MR) is 89.5 cm³/mol. The molecule has 0 spiro atoms. The Balaban J connectivity index is 1.57. The normalized spacial score (nSPS) is 28.3. The van der Waals surface area contributed by atoms with E-state index in [0.717, 1.165) is 36.7 Å². The van der Waals surface area contributed by atoms with Crippen LogP contribution >= 0.6 is 11.8 Å². The van der Waals surface area contributed by atoms with E-state index in [1.54, 1.807) is 18.3 Å². The summed E-state index contributed by atoms with van der Waals surface area (Å²) < 4.78 is 5.86. The van der Waals surface area contributed by atoms with Crippen LogP contribution in [-0.2, 0) is 0 Å². The maximum absolute atomic E-state index is 12.4. The van der Waals surface area contributed by atoms with Gasteiger partial charge in [0.05, 0.1) is 0 Å². The number of carbonyl (C=O) groups is 1. The minimum absolute atomic E-state index is 0.00685. The average molecular weight is 320 g/mol. The lowest BCUT2D eigenvalue weighted by Crippen LogP contribution is -2.37. The van der Waals surface area contributed by atoms with E-state index in [0.29, 0.717) is 17.5 Å². The van der Waals surface area contributed by atoms with Crippen molar-refractivity contribution in [2.75, 3.05) is 11.5 Å². The highest BCUT2D eigenvalue weighted by Gasteiger charge is 2.21. The SMILES string of the molecule is CC1CCC(NC(=O)c2ccnc(OC3CCSC3)c2)CC1. The fourth-order valence-electron chi connectivity index (χ4n) is 3.06. The molecule has 2 aliphatic rings. The Morgan fingerprint density at radius 1 is 1.32 bits per heavy atom. The molecule has 0 aromatic carbocycles. The molecule has 0 bridgehead atoms. The van der Waals surface area contributed by atoms with Gasteiger partial charge in [-0.1, -0.05) is 6.92 Å². The number of nitrogens with one attached hydrogen (secondary N) is 1. The highest BCUT2D eigenvalue weighted by atomic mass is 32.2. The zero-order valence-corrected chi connectivity index (χ0v) is 13.9. The number of rotatable bonds is 4. The van der Waals surface area contributed by atoms with E-state index in [9.17, 15) is 4.79 Å². The van der Waals surface area contributed by atoms with Crippen LogP contribution in [0.15, 0.2) is 18.3 Å². The van der Waals surface area contributed by atoms with E-state index < -0.39 is 0 Å². The van der Waals surface area contributed by atoms with Gasteiger partial charge in [0.2, 0.25) is 5.88 Å². The van der Waals surface area contributed by atoms with Gasteiger partial charge >= 0.3 is 0 Å². The molecule has 1 aliphatic heterocycles. The molecule has 120 valence electrons. The van der Waals surface area contributed by atoms with Gasteiger partial charge in [0, 0.05) is 29.6 Å². The van der Waals surface area contributed by atoms with Crippen LogP contribution in [0.3, 0.4) is 0 Å². The van der Waals surface area contributed by atoms with Gasteiger partial charge in [0.25, 0.3) is 5.91 Å². The summed E-state index contributed by atoms with van der Waals surface area (Å²) >= 11 is 1.90. The van der Waals surface area contributed by atoms with Crippen LogP contribution in [0.25, 0.3) is 0 Å². The lowest BCUT2D eigenvalue weighted by atomic mass is 9.87. The minimum Gasteiger partial charge on any atom is -0.473 e. The van der Waals surface area contributed by atoms with E-state index in [4.69, 9.17) is 4.74 Å². The molecule has 1 unspecified atom stereocenters. The molecule has 2 fully saturated rings. The molecule has 1 N–H and O–H groups in total. The summed E-state index contributed by atoms with van der Waals surface area (Å²) in [6, 6.07) is 3.84. The van der Waals surface area contributed by atoms with E-state index in [1.807, 2.05) is 11.8 Å². The number of nitrogens with zero attached hydrogens (tertiary/aromatic N) is 1. The molecular formula is C17H24N2O2S. The number of hydrogen-bond donors (Lipinski definition) is 1. The van der Waals surface area contributed by atoms with Crippen LogP contribution < -0.4 is 10.1 Å². The third-order valence-corrected chi connectivity index (χ3v) is 5.66. The van der Waals surface area contributed by atoms with Gasteiger partial charge in [-0.05, 0) is 49.8 Å². The second-order valence-corrected chi connectivity index (χ2v) is 7.57. The Morgan fingerprint density at radius 3 is 2.86 bits per heavy atom. The highest BCUT2D eigenvalue weighted by Crippen LogP contribution is 2.24. The molecule has 1 aromatic heterocycles. The van der Waals surface area contributed by atoms with Crippen molar-refractivity contribution in [2.45, 2.75) is 51.2 Å². The Kier molecular flexibility index (Phi) is 5.24. The molecule has 2 heterocycles. The predicted octanol–water partition coefficient (Wildman–Crippen LogP) is 3.27. The third-order valence-electron chi connectivity index (χ3n) is 4.52. The summed E-state index contributed by atoms with van der Waals surface area (Å²) in [5.74, 6) is 3.51. The van der Waals surface area contributed by atoms with Gasteiger partial charge < -0.3 is 10.1 Å². The van der Waals surface area contributed by atoms with Gasteiger partial charge in [0.1, 0.15) is 6.10 Å². The number of amides is 1. The van der Waals surface area contributed by atoms with E-state index in [2.05, 4.69) is 17.2 Å². The fourth-order valence-corrected chi connectivity index (χ4v) is 4.16. The number of thioether (sulfide) groups is 1. The van der Waals surface area contributed by atoms with Crippen molar-refractivity contribution >= 4 is 17.7 Å². The topological polar surface area (TPSA) is 51.2 Å². The van der Waals surface area contributed by atoms with Crippen LogP contribution in [0.1, 0.15) is 49.4 Å². The van der Waals surface area contributed by atoms with Crippen molar-refractivity contribution in [2.24, 2.45) is 5.92 Å². The van der Waals surface area contributed by atoms with Gasteiger partial charge in [0.15, 0.2) is 0 Å². The van der Waals surface area contributed by atoms with Crippen molar-refractivity contribution in [3.8, 4) is 5.88 Å². The lowest BCUT2D eigenvalue weighted by Gasteiger charge is -2.26. The molecule has 1 aromatic rings. The molecule has 3 rings (SSSR count). The average Bonchev–Trinajstić information content (AvgIpc) is 3.03. The molecule has 1 amide bonds. The summed E-state index contributed by atoms with van der Waals surface area (Å²) in [4.78, 5) is 16.6. The molecule has 22 heavy (non-hydrogen) atoms. The molecule has 1 saturated carbocycles. The molecule has 0 radical (unpaired) electrons. The van der Waals surface area contributed by atoms with Gasteiger partial charge in [-0.15, -0.1) is 0 Å². The van der Waals surface area contributed by atoms with Crippen molar-refractivity contribution < 1.29 is 9.53 Å². The van der Waals surface area contributed by atoms with Gasteiger partial charge in [-0.2, -0.15) is 11.8 Å². The summed E-state index contributed by atoms with van der Waals surface area (Å²) in [5.41, 5.74) is 0.647. The third kappa shape index (κ3) is 4.15. The summed E-state index contributed by atoms with van der Waals surface area (Å²) in [5, 5.41) is 3.15. The highest BCUT2D eigenvalue weighted by molar-refractivity contribution is 7.99. The molecule has 4 nitrogen and oxygen atoms in total. The Hall–Kier alpha value is -1.23. The summed E-state index contributed by atoms with van der Waals surface area (Å²) in [6.07, 6.45) is 7.53. The second-order valence-electron chi connectivity index (χ2n) is 6.42. The van der Waals surface area contributed by atoms with E-state index >= 15 is 0 Å². The first-order valence-corrected chi connectivity index (χ1v) is 9.37. The smallest absolute Gasteiger partial charge is 0.251 e.